The smallest absolute Gasteiger partial charge is 0.257 e. The largest absolute Gasteiger partial charge is 0.489 e. The molecule has 3 aromatic rings. The van der Waals surface area contributed by atoms with Crippen molar-refractivity contribution in [1.82, 2.24) is 15.0 Å². The highest BCUT2D eigenvalue weighted by molar-refractivity contribution is 7.13. The number of aromatic nitrogens is 2. The van der Waals surface area contributed by atoms with Crippen molar-refractivity contribution in [1.29, 1.82) is 0 Å². The first-order valence-corrected chi connectivity index (χ1v) is 11.9. The molecule has 4 rings (SSSR count). The summed E-state index contributed by atoms with van der Waals surface area (Å²) in [6, 6.07) is 7.09. The van der Waals surface area contributed by atoms with E-state index in [2.05, 4.69) is 34.2 Å². The van der Waals surface area contributed by atoms with Crippen LogP contribution in [0.1, 0.15) is 53.3 Å². The number of aryl methyl sites for hydroxylation is 2. The topological polar surface area (TPSA) is 80.5 Å². The highest BCUT2D eigenvalue weighted by Crippen LogP contribution is 2.24. The normalized spacial score (nSPS) is 19.1. The average molecular weight is 455 g/mol. The van der Waals surface area contributed by atoms with Gasteiger partial charge in [-0.1, -0.05) is 19.0 Å². The zero-order valence-corrected chi connectivity index (χ0v) is 19.9. The molecule has 2 aromatic heterocycles. The number of anilines is 1. The second-order valence-electron chi connectivity index (χ2n) is 8.85. The maximum Gasteiger partial charge on any atom is 0.257 e. The number of hydrogen-bond donors (Lipinski definition) is 1. The zero-order valence-electron chi connectivity index (χ0n) is 19.1. The number of carbonyl (C=O) groups is 1. The molecule has 170 valence electrons. The van der Waals surface area contributed by atoms with Crippen molar-refractivity contribution in [3.05, 3.63) is 57.9 Å². The van der Waals surface area contributed by atoms with Crippen LogP contribution in [-0.4, -0.2) is 34.0 Å². The average Bonchev–Trinajstić information content (AvgIpc) is 3.31. The zero-order chi connectivity index (χ0) is 22.7. The summed E-state index contributed by atoms with van der Waals surface area (Å²) in [4.78, 5) is 19.7. The Bertz CT molecular complexity index is 1030. The first-order chi connectivity index (χ1) is 15.4. The molecular formula is C24H30N4O3S. The molecule has 1 aromatic carbocycles. The molecule has 32 heavy (non-hydrogen) atoms. The van der Waals surface area contributed by atoms with Crippen molar-refractivity contribution in [3.8, 4) is 5.75 Å². The van der Waals surface area contributed by atoms with Gasteiger partial charge in [0, 0.05) is 30.6 Å². The summed E-state index contributed by atoms with van der Waals surface area (Å²) >= 11 is 1.47. The number of nitrogens with zero attached hydrogens (tertiary/aromatic N) is 3. The molecule has 2 atom stereocenters. The third-order valence-corrected chi connectivity index (χ3v) is 6.59. The summed E-state index contributed by atoms with van der Waals surface area (Å²) in [5, 5.41) is 9.50. The van der Waals surface area contributed by atoms with Crippen LogP contribution in [-0.2, 0) is 13.2 Å². The summed E-state index contributed by atoms with van der Waals surface area (Å²) in [7, 11) is 0. The van der Waals surface area contributed by atoms with Gasteiger partial charge in [-0.2, -0.15) is 0 Å². The Kier molecular flexibility index (Phi) is 6.91. The van der Waals surface area contributed by atoms with Gasteiger partial charge < -0.3 is 9.26 Å². The summed E-state index contributed by atoms with van der Waals surface area (Å²) in [5.74, 6) is 2.69. The molecule has 8 heteroatoms. The van der Waals surface area contributed by atoms with Crippen LogP contribution in [0.5, 0.6) is 5.75 Å². The van der Waals surface area contributed by atoms with Crippen LogP contribution in [0.4, 0.5) is 5.13 Å². The fourth-order valence-corrected chi connectivity index (χ4v) is 5.02. The molecule has 0 spiro atoms. The van der Waals surface area contributed by atoms with Crippen molar-refractivity contribution in [3.63, 3.8) is 0 Å². The SMILES string of the molecule is Cc1noc(C)c1COc1ccc(C(=O)Nc2nc(CN3C[C@@H](C)C[C@H](C)C3)cs2)cc1. The van der Waals surface area contributed by atoms with E-state index < -0.39 is 0 Å². The van der Waals surface area contributed by atoms with E-state index in [0.717, 1.165) is 42.3 Å². The number of benzene rings is 1. The van der Waals surface area contributed by atoms with Crippen LogP contribution in [0.3, 0.4) is 0 Å². The lowest BCUT2D eigenvalue weighted by atomic mass is 9.92. The summed E-state index contributed by atoms with van der Waals surface area (Å²) < 4.78 is 11.0. The molecule has 1 saturated heterocycles. The number of carbonyl (C=O) groups excluding carboxylic acids is 1. The standard InChI is InChI=1S/C24H30N4O3S/c1-15-9-16(2)11-28(10-15)12-20-14-32-24(25-20)26-23(29)19-5-7-21(8-6-19)30-13-22-17(3)27-31-18(22)4/h5-8,14-16H,9-13H2,1-4H3,(H,25,26,29)/t15-,16-/m0/s1. The molecule has 3 heterocycles. The van der Waals surface area contributed by atoms with Crippen LogP contribution >= 0.6 is 11.3 Å². The van der Waals surface area contributed by atoms with Gasteiger partial charge in [0.2, 0.25) is 0 Å². The summed E-state index contributed by atoms with van der Waals surface area (Å²) in [6.07, 6.45) is 1.29. The highest BCUT2D eigenvalue weighted by Gasteiger charge is 2.22. The van der Waals surface area contributed by atoms with E-state index >= 15 is 0 Å². The summed E-state index contributed by atoms with van der Waals surface area (Å²) in [5.41, 5.74) is 3.34. The van der Waals surface area contributed by atoms with Crippen LogP contribution in [0.15, 0.2) is 34.2 Å². The molecule has 1 fully saturated rings. The van der Waals surface area contributed by atoms with Crippen molar-refractivity contribution in [2.75, 3.05) is 18.4 Å². The monoisotopic (exact) mass is 454 g/mol. The number of thiazole rings is 1. The third kappa shape index (κ3) is 5.55. The van der Waals surface area contributed by atoms with Gasteiger partial charge in [0.05, 0.1) is 17.0 Å². The Morgan fingerprint density at radius 1 is 1.22 bits per heavy atom. The highest BCUT2D eigenvalue weighted by atomic mass is 32.1. The van der Waals surface area contributed by atoms with Crippen molar-refractivity contribution in [2.45, 2.75) is 47.3 Å². The Morgan fingerprint density at radius 3 is 2.59 bits per heavy atom. The maximum absolute atomic E-state index is 12.6. The van der Waals surface area contributed by atoms with Crippen LogP contribution in [0, 0.1) is 25.7 Å². The Morgan fingerprint density at radius 2 is 1.94 bits per heavy atom. The minimum atomic E-state index is -0.177. The second-order valence-corrected chi connectivity index (χ2v) is 9.71. The Hall–Kier alpha value is -2.71. The number of piperidine rings is 1. The number of amides is 1. The first-order valence-electron chi connectivity index (χ1n) is 11.0. The van der Waals surface area contributed by atoms with E-state index in [0.29, 0.717) is 34.9 Å². The van der Waals surface area contributed by atoms with Gasteiger partial charge in [0.25, 0.3) is 5.91 Å². The van der Waals surface area contributed by atoms with Gasteiger partial charge in [-0.25, -0.2) is 4.98 Å². The molecule has 1 amide bonds. The van der Waals surface area contributed by atoms with Crippen LogP contribution in [0.2, 0.25) is 0 Å². The minimum absolute atomic E-state index is 0.177. The molecule has 0 unspecified atom stereocenters. The molecule has 0 aliphatic carbocycles. The number of ether oxygens (including phenoxy) is 1. The molecule has 0 saturated carbocycles. The van der Waals surface area contributed by atoms with E-state index in [1.165, 1.54) is 17.8 Å². The van der Waals surface area contributed by atoms with E-state index in [1.807, 2.05) is 19.2 Å². The first kappa shape index (κ1) is 22.5. The number of nitrogens with one attached hydrogen (secondary N) is 1. The van der Waals surface area contributed by atoms with Crippen LogP contribution < -0.4 is 10.1 Å². The van der Waals surface area contributed by atoms with Gasteiger partial charge in [-0.15, -0.1) is 11.3 Å². The fraction of sp³-hybridized carbons (Fsp3) is 0.458. The van der Waals surface area contributed by atoms with E-state index in [1.54, 1.807) is 24.3 Å². The molecule has 1 aliphatic rings. The lowest BCUT2D eigenvalue weighted by Gasteiger charge is -2.34. The fourth-order valence-electron chi connectivity index (χ4n) is 4.32. The number of likely N-dealkylation sites (tertiary alicyclic amines) is 1. The lowest BCUT2D eigenvalue weighted by molar-refractivity contribution is 0.102. The molecular weight excluding hydrogens is 424 g/mol. The number of rotatable bonds is 7. The Balaban J connectivity index is 1.30. The number of hydrogen-bond acceptors (Lipinski definition) is 7. The van der Waals surface area contributed by atoms with Gasteiger partial charge in [0.15, 0.2) is 5.13 Å². The van der Waals surface area contributed by atoms with E-state index in [9.17, 15) is 4.79 Å². The summed E-state index contributed by atoms with van der Waals surface area (Å²) in [6.45, 7) is 11.8. The predicted octanol–water partition coefficient (Wildman–Crippen LogP) is 5.06. The van der Waals surface area contributed by atoms with Gasteiger partial charge in [-0.3, -0.25) is 15.0 Å². The van der Waals surface area contributed by atoms with E-state index in [4.69, 9.17) is 9.26 Å². The quantitative estimate of drug-likeness (QED) is 0.538. The predicted molar refractivity (Wildman–Crippen MR) is 125 cm³/mol. The third-order valence-electron chi connectivity index (χ3n) is 5.78. The lowest BCUT2D eigenvalue weighted by Crippen LogP contribution is -2.38. The van der Waals surface area contributed by atoms with Crippen molar-refractivity contribution < 1.29 is 14.1 Å². The van der Waals surface area contributed by atoms with Gasteiger partial charge in [0.1, 0.15) is 18.1 Å². The molecule has 1 N–H and O–H groups in total. The maximum atomic E-state index is 12.6. The Labute approximate surface area is 192 Å². The minimum Gasteiger partial charge on any atom is -0.489 e. The van der Waals surface area contributed by atoms with Crippen molar-refractivity contribution >= 4 is 22.4 Å². The van der Waals surface area contributed by atoms with Crippen molar-refractivity contribution in [2.24, 2.45) is 11.8 Å². The van der Waals surface area contributed by atoms with E-state index in [-0.39, 0.29) is 5.91 Å². The van der Waals surface area contributed by atoms with Crippen LogP contribution in [0.25, 0.3) is 0 Å². The molecule has 1 aliphatic heterocycles. The second kappa shape index (κ2) is 9.83. The van der Waals surface area contributed by atoms with Gasteiger partial charge in [-0.05, 0) is 56.4 Å². The molecule has 0 radical (unpaired) electrons. The molecule has 0 bridgehead atoms. The molecule has 7 nitrogen and oxygen atoms in total. The van der Waals surface area contributed by atoms with Gasteiger partial charge >= 0.3 is 0 Å².